The van der Waals surface area contributed by atoms with Crippen LogP contribution in [0.15, 0.2) is 11.4 Å². The van der Waals surface area contributed by atoms with Crippen molar-refractivity contribution in [3.05, 3.63) is 16.8 Å². The number of fused-ring (bicyclic) bond motifs is 3. The number of thiophene rings is 1. The summed E-state index contributed by atoms with van der Waals surface area (Å²) in [5.74, 6) is 0.152. The molecule has 1 amide bonds. The highest BCUT2D eigenvalue weighted by Crippen LogP contribution is 2.39. The van der Waals surface area contributed by atoms with E-state index in [2.05, 4.69) is 21.4 Å². The number of thioether (sulfide) groups is 1. The van der Waals surface area contributed by atoms with Gasteiger partial charge in [-0.25, -0.2) is 9.97 Å². The number of hydrogen-bond donors (Lipinski definition) is 1. The van der Waals surface area contributed by atoms with Crippen molar-refractivity contribution in [3.8, 4) is 6.07 Å². The number of nitriles is 1. The van der Waals surface area contributed by atoms with Crippen LogP contribution in [0, 0.1) is 17.2 Å². The Morgan fingerprint density at radius 2 is 2.29 bits per heavy atom. The third kappa shape index (κ3) is 3.13. The van der Waals surface area contributed by atoms with Crippen molar-refractivity contribution >= 4 is 39.2 Å². The molecule has 0 aromatic carbocycles. The van der Waals surface area contributed by atoms with Crippen LogP contribution >= 0.6 is 23.1 Å². The van der Waals surface area contributed by atoms with Crippen molar-refractivity contribution in [2.75, 3.05) is 5.75 Å². The monoisotopic (exact) mass is 360 g/mol. The molecule has 0 unspecified atom stereocenters. The number of rotatable bonds is 5. The van der Waals surface area contributed by atoms with Crippen molar-refractivity contribution in [2.24, 2.45) is 5.92 Å². The molecule has 3 rings (SSSR count). The number of nitrogens with one attached hydrogen (secondary N) is 1. The van der Waals surface area contributed by atoms with E-state index in [1.54, 1.807) is 24.6 Å². The fourth-order valence-electron chi connectivity index (χ4n) is 2.77. The zero-order valence-corrected chi connectivity index (χ0v) is 15.7. The van der Waals surface area contributed by atoms with Crippen molar-refractivity contribution in [2.45, 2.75) is 50.6 Å². The second-order valence-corrected chi connectivity index (χ2v) is 8.57. The highest BCUT2D eigenvalue weighted by Gasteiger charge is 2.30. The maximum absolute atomic E-state index is 12.3. The van der Waals surface area contributed by atoms with Gasteiger partial charge in [0.25, 0.3) is 0 Å². The Hall–Kier alpha value is -1.65. The number of aromatic nitrogens is 2. The standard InChI is InChI=1S/C17H20N4OS2/c1-10(2)17(3,8-18)21-13(22)7-23-15-14-11-5-4-6-12(11)24-16(14)20-9-19-15/h9-10H,4-7H2,1-3H3,(H,21,22)/t17-/m1/s1. The second kappa shape index (κ2) is 6.69. The molecule has 0 radical (unpaired) electrons. The van der Waals surface area contributed by atoms with E-state index >= 15 is 0 Å². The summed E-state index contributed by atoms with van der Waals surface area (Å²) in [6.07, 6.45) is 4.95. The van der Waals surface area contributed by atoms with E-state index in [9.17, 15) is 10.1 Å². The molecule has 2 aromatic heterocycles. The van der Waals surface area contributed by atoms with E-state index in [-0.39, 0.29) is 17.6 Å². The van der Waals surface area contributed by atoms with Gasteiger partial charge in [-0.15, -0.1) is 11.3 Å². The number of carbonyl (C=O) groups excluding carboxylic acids is 1. The molecule has 0 saturated carbocycles. The Morgan fingerprint density at radius 3 is 3.00 bits per heavy atom. The molecule has 1 aliphatic rings. The predicted octanol–water partition coefficient (Wildman–Crippen LogP) is 3.33. The SMILES string of the molecule is CC(C)[C@@](C)(C#N)NC(=O)CSc1ncnc2sc3c(c12)CCC3. The third-order valence-electron chi connectivity index (χ3n) is 4.59. The minimum atomic E-state index is -0.845. The van der Waals surface area contributed by atoms with Crippen molar-refractivity contribution in [1.29, 1.82) is 5.26 Å². The van der Waals surface area contributed by atoms with Crippen LogP contribution < -0.4 is 5.32 Å². The molecule has 0 fully saturated rings. The molecule has 0 aliphatic heterocycles. The lowest BCUT2D eigenvalue weighted by Gasteiger charge is -2.27. The summed E-state index contributed by atoms with van der Waals surface area (Å²) in [7, 11) is 0. The van der Waals surface area contributed by atoms with Gasteiger partial charge >= 0.3 is 0 Å². The Labute approximate surface area is 149 Å². The molecule has 1 aliphatic carbocycles. The average molecular weight is 361 g/mol. The predicted molar refractivity (Wildman–Crippen MR) is 97.2 cm³/mol. The van der Waals surface area contributed by atoms with E-state index in [4.69, 9.17) is 0 Å². The summed E-state index contributed by atoms with van der Waals surface area (Å²) in [6, 6.07) is 2.20. The topological polar surface area (TPSA) is 78.7 Å². The fraction of sp³-hybridized carbons (Fsp3) is 0.529. The van der Waals surface area contributed by atoms with Gasteiger partial charge in [0.15, 0.2) is 0 Å². The molecule has 126 valence electrons. The molecule has 0 bridgehead atoms. The van der Waals surface area contributed by atoms with E-state index in [0.29, 0.717) is 0 Å². The van der Waals surface area contributed by atoms with Crippen molar-refractivity contribution in [3.63, 3.8) is 0 Å². The molecule has 24 heavy (non-hydrogen) atoms. The molecular weight excluding hydrogens is 340 g/mol. The van der Waals surface area contributed by atoms with E-state index < -0.39 is 5.54 Å². The van der Waals surface area contributed by atoms with Gasteiger partial charge in [0, 0.05) is 10.3 Å². The summed E-state index contributed by atoms with van der Waals surface area (Å²) in [5, 5.41) is 14.2. The number of hydrogen-bond acceptors (Lipinski definition) is 6. The summed E-state index contributed by atoms with van der Waals surface area (Å²) < 4.78 is 0. The lowest BCUT2D eigenvalue weighted by molar-refractivity contribution is -0.120. The largest absolute Gasteiger partial charge is 0.337 e. The van der Waals surface area contributed by atoms with Crippen LogP contribution in [0.3, 0.4) is 0 Å². The number of aryl methyl sites for hydroxylation is 2. The van der Waals surface area contributed by atoms with Crippen molar-refractivity contribution < 1.29 is 4.79 Å². The van der Waals surface area contributed by atoms with Gasteiger partial charge in [-0.3, -0.25) is 4.79 Å². The van der Waals surface area contributed by atoms with Crippen molar-refractivity contribution in [1.82, 2.24) is 15.3 Å². The molecular formula is C17H20N4OS2. The van der Waals surface area contributed by atoms with Crippen LogP contribution in [-0.2, 0) is 17.6 Å². The lowest BCUT2D eigenvalue weighted by Crippen LogP contribution is -2.49. The van der Waals surface area contributed by atoms with Gasteiger partial charge in [0.2, 0.25) is 5.91 Å². The maximum Gasteiger partial charge on any atom is 0.231 e. The summed E-state index contributed by atoms with van der Waals surface area (Å²) in [4.78, 5) is 23.5. The first kappa shape index (κ1) is 17.2. The molecule has 7 heteroatoms. The van der Waals surface area contributed by atoms with Gasteiger partial charge in [-0.2, -0.15) is 5.26 Å². The Balaban J connectivity index is 1.75. The van der Waals surface area contributed by atoms with E-state index in [1.807, 2.05) is 13.8 Å². The summed E-state index contributed by atoms with van der Waals surface area (Å²) in [6.45, 7) is 5.62. The van der Waals surface area contributed by atoms with Crippen LogP contribution in [0.1, 0.15) is 37.6 Å². The zero-order valence-electron chi connectivity index (χ0n) is 14.0. The molecule has 2 heterocycles. The summed E-state index contributed by atoms with van der Waals surface area (Å²) in [5.41, 5.74) is 0.518. The van der Waals surface area contributed by atoms with Crippen LogP contribution in [0.4, 0.5) is 0 Å². The first-order valence-corrected chi connectivity index (χ1v) is 9.85. The Kier molecular flexibility index (Phi) is 4.79. The fourth-order valence-corrected chi connectivity index (χ4v) is 4.89. The van der Waals surface area contributed by atoms with Gasteiger partial charge in [0.1, 0.15) is 21.7 Å². The van der Waals surface area contributed by atoms with Crippen LogP contribution in [0.25, 0.3) is 10.2 Å². The Bertz CT molecular complexity index is 824. The molecule has 1 N–H and O–H groups in total. The third-order valence-corrected chi connectivity index (χ3v) is 6.78. The molecule has 0 saturated heterocycles. The van der Waals surface area contributed by atoms with E-state index in [1.165, 1.54) is 28.6 Å². The molecule has 2 aromatic rings. The van der Waals surface area contributed by atoms with E-state index in [0.717, 1.165) is 28.1 Å². The first-order chi connectivity index (χ1) is 11.4. The minimum absolute atomic E-state index is 0.0438. The highest BCUT2D eigenvalue weighted by molar-refractivity contribution is 8.00. The van der Waals surface area contributed by atoms with Crippen LogP contribution in [0.2, 0.25) is 0 Å². The first-order valence-electron chi connectivity index (χ1n) is 8.05. The molecule has 0 spiro atoms. The maximum atomic E-state index is 12.3. The van der Waals surface area contributed by atoms with Gasteiger partial charge < -0.3 is 5.32 Å². The smallest absolute Gasteiger partial charge is 0.231 e. The lowest BCUT2D eigenvalue weighted by atomic mass is 9.90. The molecule has 5 nitrogen and oxygen atoms in total. The van der Waals surface area contributed by atoms with Gasteiger partial charge in [0.05, 0.1) is 11.8 Å². The minimum Gasteiger partial charge on any atom is -0.337 e. The quantitative estimate of drug-likeness (QED) is 0.653. The van der Waals surface area contributed by atoms with Gasteiger partial charge in [-0.05, 0) is 37.7 Å². The average Bonchev–Trinajstić information content (AvgIpc) is 3.13. The summed E-state index contributed by atoms with van der Waals surface area (Å²) >= 11 is 3.17. The second-order valence-electron chi connectivity index (χ2n) is 6.52. The highest BCUT2D eigenvalue weighted by atomic mass is 32.2. The number of nitrogens with zero attached hydrogens (tertiary/aromatic N) is 3. The number of amides is 1. The number of carbonyl (C=O) groups is 1. The van der Waals surface area contributed by atoms with Crippen LogP contribution in [0.5, 0.6) is 0 Å². The van der Waals surface area contributed by atoms with Gasteiger partial charge in [-0.1, -0.05) is 25.6 Å². The van der Waals surface area contributed by atoms with Crippen LogP contribution in [-0.4, -0.2) is 27.2 Å². The Morgan fingerprint density at radius 1 is 1.50 bits per heavy atom. The molecule has 1 atom stereocenters. The zero-order chi connectivity index (χ0) is 17.3. The normalized spacial score (nSPS) is 16.0.